The van der Waals surface area contributed by atoms with Crippen LogP contribution in [-0.4, -0.2) is 30.0 Å². The summed E-state index contributed by atoms with van der Waals surface area (Å²) in [5.41, 5.74) is 3.25. The largest absolute Gasteiger partial charge is 0.507 e. The van der Waals surface area contributed by atoms with Gasteiger partial charge in [0.25, 0.3) is 0 Å². The molecule has 0 radical (unpaired) electrons. The number of hydrogen-bond acceptors (Lipinski definition) is 6. The summed E-state index contributed by atoms with van der Waals surface area (Å²) >= 11 is 6.30. The number of para-hydroxylation sites is 2. The van der Waals surface area contributed by atoms with Gasteiger partial charge in [0.2, 0.25) is 6.23 Å². The maximum Gasteiger partial charge on any atom is 0.217 e. The van der Waals surface area contributed by atoms with Crippen molar-refractivity contribution in [3.63, 3.8) is 0 Å². The molecule has 3 aromatic rings. The van der Waals surface area contributed by atoms with E-state index in [4.69, 9.17) is 30.9 Å². The molecule has 7 heteroatoms. The molecule has 1 N–H and O–H groups in total. The molecule has 5 rings (SSSR count). The van der Waals surface area contributed by atoms with Gasteiger partial charge in [-0.2, -0.15) is 5.10 Å². The molecule has 2 atom stereocenters. The minimum Gasteiger partial charge on any atom is -0.507 e. The third kappa shape index (κ3) is 3.24. The molecule has 0 saturated heterocycles. The number of phenolic OH excluding ortho intramolecular Hbond substituents is 1. The maximum atomic E-state index is 10.4. The summed E-state index contributed by atoms with van der Waals surface area (Å²) < 4.78 is 17.6. The van der Waals surface area contributed by atoms with Crippen LogP contribution in [0.25, 0.3) is 0 Å². The molecule has 2 unspecified atom stereocenters. The molecule has 6 nitrogen and oxygen atoms in total. The van der Waals surface area contributed by atoms with Gasteiger partial charge < -0.3 is 19.3 Å². The van der Waals surface area contributed by atoms with E-state index in [0.29, 0.717) is 28.5 Å². The van der Waals surface area contributed by atoms with E-state index in [1.165, 1.54) is 0 Å². The highest BCUT2D eigenvalue weighted by Crippen LogP contribution is 2.50. The van der Waals surface area contributed by atoms with Crippen LogP contribution in [-0.2, 0) is 0 Å². The van der Waals surface area contributed by atoms with E-state index < -0.39 is 6.23 Å². The number of rotatable bonds is 4. The highest BCUT2D eigenvalue weighted by Gasteiger charge is 2.42. The van der Waals surface area contributed by atoms with Crippen LogP contribution in [0.2, 0.25) is 5.02 Å². The van der Waals surface area contributed by atoms with Gasteiger partial charge in [-0.25, -0.2) is 5.01 Å². The highest BCUT2D eigenvalue weighted by molar-refractivity contribution is 6.30. The molecule has 2 aliphatic rings. The fourth-order valence-electron chi connectivity index (χ4n) is 4.25. The zero-order chi connectivity index (χ0) is 21.5. The van der Waals surface area contributed by atoms with Crippen molar-refractivity contribution < 1.29 is 19.3 Å². The second-order valence-electron chi connectivity index (χ2n) is 7.40. The summed E-state index contributed by atoms with van der Waals surface area (Å²) in [7, 11) is 3.21. The lowest BCUT2D eigenvalue weighted by atomic mass is 9.95. The predicted molar refractivity (Wildman–Crippen MR) is 118 cm³/mol. The van der Waals surface area contributed by atoms with E-state index in [-0.39, 0.29) is 11.8 Å². The Morgan fingerprint density at radius 2 is 1.87 bits per heavy atom. The number of hydrogen-bond donors (Lipinski definition) is 1. The van der Waals surface area contributed by atoms with E-state index in [9.17, 15) is 5.11 Å². The van der Waals surface area contributed by atoms with E-state index >= 15 is 0 Å². The maximum absolute atomic E-state index is 10.4. The Kier molecular flexibility index (Phi) is 4.87. The third-order valence-electron chi connectivity index (χ3n) is 5.67. The minimum absolute atomic E-state index is 0.0991. The van der Waals surface area contributed by atoms with Crippen molar-refractivity contribution in [2.75, 3.05) is 14.2 Å². The summed E-state index contributed by atoms with van der Waals surface area (Å²) in [5.74, 6) is 2.15. The lowest BCUT2D eigenvalue weighted by Gasteiger charge is -2.38. The van der Waals surface area contributed by atoms with Gasteiger partial charge in [-0.3, -0.25) is 0 Å². The number of aromatic hydroxyl groups is 1. The van der Waals surface area contributed by atoms with Crippen LogP contribution in [0, 0.1) is 0 Å². The average Bonchev–Trinajstić information content (AvgIpc) is 3.24. The Hall–Kier alpha value is -3.38. The topological polar surface area (TPSA) is 63.5 Å². The SMILES string of the molecule is COc1cccc(C2Oc3ccc(Cl)cc3C3CC(c4ccccc4O)=NN32)c1OC. The van der Waals surface area contributed by atoms with Crippen LogP contribution in [0.1, 0.15) is 35.4 Å². The molecular formula is C24H21ClN2O4. The lowest BCUT2D eigenvalue weighted by molar-refractivity contribution is -0.0205. The molecule has 0 amide bonds. The van der Waals surface area contributed by atoms with Crippen molar-refractivity contribution in [2.24, 2.45) is 5.10 Å². The van der Waals surface area contributed by atoms with Crippen molar-refractivity contribution in [2.45, 2.75) is 18.7 Å². The van der Waals surface area contributed by atoms with Crippen LogP contribution in [0.5, 0.6) is 23.0 Å². The fraction of sp³-hybridized carbons (Fsp3) is 0.208. The van der Waals surface area contributed by atoms with Crippen molar-refractivity contribution in [1.29, 1.82) is 0 Å². The van der Waals surface area contributed by atoms with Gasteiger partial charge in [-0.1, -0.05) is 29.8 Å². The minimum atomic E-state index is -0.535. The number of methoxy groups -OCH3 is 2. The Morgan fingerprint density at radius 3 is 2.65 bits per heavy atom. The van der Waals surface area contributed by atoms with Crippen LogP contribution >= 0.6 is 11.6 Å². The number of halogens is 1. The number of hydrazone groups is 1. The van der Waals surface area contributed by atoms with Gasteiger partial charge in [0.1, 0.15) is 11.5 Å². The molecule has 158 valence electrons. The first-order valence-electron chi connectivity index (χ1n) is 9.92. The van der Waals surface area contributed by atoms with Crippen molar-refractivity contribution in [3.8, 4) is 23.0 Å². The van der Waals surface area contributed by atoms with Gasteiger partial charge >= 0.3 is 0 Å². The molecule has 31 heavy (non-hydrogen) atoms. The smallest absolute Gasteiger partial charge is 0.217 e. The van der Waals surface area contributed by atoms with Crippen LogP contribution in [0.15, 0.2) is 65.8 Å². The molecule has 0 fully saturated rings. The van der Waals surface area contributed by atoms with E-state index in [1.54, 1.807) is 26.4 Å². The molecule has 2 aliphatic heterocycles. The van der Waals surface area contributed by atoms with Gasteiger partial charge in [-0.15, -0.1) is 0 Å². The average molecular weight is 437 g/mol. The summed E-state index contributed by atoms with van der Waals surface area (Å²) in [6.07, 6.45) is 0.0731. The number of ether oxygens (including phenoxy) is 3. The Morgan fingerprint density at radius 1 is 1.03 bits per heavy atom. The van der Waals surface area contributed by atoms with Gasteiger partial charge in [-0.05, 0) is 42.5 Å². The van der Waals surface area contributed by atoms with Gasteiger partial charge in [0.15, 0.2) is 11.5 Å². The second-order valence-corrected chi connectivity index (χ2v) is 7.84. The summed E-state index contributed by atoms with van der Waals surface area (Å²) in [6.45, 7) is 0. The van der Waals surface area contributed by atoms with Crippen LogP contribution in [0.3, 0.4) is 0 Å². The van der Waals surface area contributed by atoms with Gasteiger partial charge in [0, 0.05) is 22.6 Å². The van der Waals surface area contributed by atoms with E-state index in [2.05, 4.69) is 0 Å². The molecule has 0 aromatic heterocycles. The first kappa shape index (κ1) is 19.6. The standard InChI is InChI=1S/C24H21ClN2O4/c1-29-22-9-5-7-16(23(22)30-2)24-27-19(17-12-14(25)10-11-21(17)31-24)13-18(26-27)15-6-3-4-8-20(15)28/h3-12,19,24,28H,13H2,1-2H3. The zero-order valence-corrected chi connectivity index (χ0v) is 17.8. The zero-order valence-electron chi connectivity index (χ0n) is 17.1. The Labute approximate surface area is 185 Å². The van der Waals surface area contributed by atoms with Crippen molar-refractivity contribution in [1.82, 2.24) is 5.01 Å². The third-order valence-corrected chi connectivity index (χ3v) is 5.90. The number of nitrogens with zero attached hydrogens (tertiary/aromatic N) is 2. The molecule has 0 bridgehead atoms. The first-order valence-corrected chi connectivity index (χ1v) is 10.3. The number of fused-ring (bicyclic) bond motifs is 3. The summed E-state index contributed by atoms with van der Waals surface area (Å²) in [6, 6.07) is 18.4. The highest BCUT2D eigenvalue weighted by atomic mass is 35.5. The van der Waals surface area contributed by atoms with Crippen LogP contribution in [0.4, 0.5) is 0 Å². The Balaban J connectivity index is 1.66. The molecule has 0 aliphatic carbocycles. The predicted octanol–water partition coefficient (Wildman–Crippen LogP) is 5.31. The normalized spacial score (nSPS) is 19.2. The monoisotopic (exact) mass is 436 g/mol. The summed E-state index contributed by atoms with van der Waals surface area (Å²) in [4.78, 5) is 0. The molecule has 3 aromatic carbocycles. The van der Waals surface area contributed by atoms with Gasteiger partial charge in [0.05, 0.1) is 31.5 Å². The molecule has 0 spiro atoms. The van der Waals surface area contributed by atoms with E-state index in [0.717, 1.165) is 22.6 Å². The number of benzene rings is 3. The molecule has 0 saturated carbocycles. The fourth-order valence-corrected chi connectivity index (χ4v) is 4.43. The Bertz CT molecular complexity index is 1180. The quantitative estimate of drug-likeness (QED) is 0.600. The second kappa shape index (κ2) is 7.71. The molecular weight excluding hydrogens is 416 g/mol. The lowest BCUT2D eigenvalue weighted by Crippen LogP contribution is -2.34. The first-order chi connectivity index (χ1) is 15.1. The van der Waals surface area contributed by atoms with Crippen molar-refractivity contribution >= 4 is 17.3 Å². The van der Waals surface area contributed by atoms with Crippen molar-refractivity contribution in [3.05, 3.63) is 82.4 Å². The number of phenols is 1. The van der Waals surface area contributed by atoms with E-state index in [1.807, 2.05) is 53.5 Å². The summed E-state index contributed by atoms with van der Waals surface area (Å²) in [5, 5.41) is 17.8. The van der Waals surface area contributed by atoms with Crippen LogP contribution < -0.4 is 14.2 Å². The molecule has 2 heterocycles.